The third-order valence-corrected chi connectivity index (χ3v) is 2.84. The van der Waals surface area contributed by atoms with Gasteiger partial charge in [-0.25, -0.2) is 13.8 Å². The van der Waals surface area contributed by atoms with Crippen LogP contribution in [0.3, 0.4) is 0 Å². The Hall–Kier alpha value is -2.76. The zero-order chi connectivity index (χ0) is 14.1. The van der Waals surface area contributed by atoms with Crippen molar-refractivity contribution in [2.75, 3.05) is 5.32 Å². The summed E-state index contributed by atoms with van der Waals surface area (Å²) in [6, 6.07) is 6.11. The zero-order valence-electron chi connectivity index (χ0n) is 10.2. The number of pyridine rings is 1. The van der Waals surface area contributed by atoms with Crippen LogP contribution in [0.15, 0.2) is 48.9 Å². The van der Waals surface area contributed by atoms with Gasteiger partial charge >= 0.3 is 0 Å². The molecule has 1 N–H and O–H groups in total. The highest BCUT2D eigenvalue weighted by Crippen LogP contribution is 2.17. The molecule has 0 saturated carbocycles. The van der Waals surface area contributed by atoms with Gasteiger partial charge in [0.2, 0.25) is 0 Å². The summed E-state index contributed by atoms with van der Waals surface area (Å²) < 4.78 is 28.2. The highest BCUT2D eigenvalue weighted by atomic mass is 19.1. The molecule has 0 unspecified atom stereocenters. The fraction of sp³-hybridized carbons (Fsp3) is 0. The van der Waals surface area contributed by atoms with Gasteiger partial charge in [0.05, 0.1) is 11.3 Å². The Labute approximate surface area is 112 Å². The van der Waals surface area contributed by atoms with E-state index in [9.17, 15) is 13.6 Å². The number of benzene rings is 1. The van der Waals surface area contributed by atoms with Gasteiger partial charge in [-0.3, -0.25) is 4.79 Å². The topological polar surface area (TPSA) is 46.4 Å². The minimum Gasteiger partial charge on any atom is -0.319 e. The van der Waals surface area contributed by atoms with Gasteiger partial charge < -0.3 is 9.72 Å². The molecule has 0 atom stereocenters. The van der Waals surface area contributed by atoms with Gasteiger partial charge in [-0.05, 0) is 24.3 Å². The van der Waals surface area contributed by atoms with Crippen LogP contribution in [0.4, 0.5) is 14.5 Å². The molecule has 0 bridgehead atoms. The van der Waals surface area contributed by atoms with E-state index < -0.39 is 17.5 Å². The summed E-state index contributed by atoms with van der Waals surface area (Å²) in [6.45, 7) is 0. The number of aromatic nitrogens is 2. The first-order chi connectivity index (χ1) is 9.65. The number of carbonyl (C=O) groups excluding carboxylic acids is 1. The number of imidazole rings is 1. The van der Waals surface area contributed by atoms with E-state index in [0.717, 1.165) is 18.2 Å². The van der Waals surface area contributed by atoms with Crippen molar-refractivity contribution in [1.82, 2.24) is 9.38 Å². The molecule has 2 aromatic heterocycles. The Morgan fingerprint density at radius 1 is 1.20 bits per heavy atom. The summed E-state index contributed by atoms with van der Waals surface area (Å²) in [5.41, 5.74) is 0.520. The van der Waals surface area contributed by atoms with E-state index in [1.807, 2.05) is 0 Å². The average Bonchev–Trinajstić information content (AvgIpc) is 2.91. The van der Waals surface area contributed by atoms with E-state index >= 15 is 0 Å². The number of anilines is 1. The van der Waals surface area contributed by atoms with Gasteiger partial charge in [-0.15, -0.1) is 0 Å². The Bertz CT molecular complexity index is 798. The molecular formula is C14H9F2N3O. The molecule has 0 spiro atoms. The van der Waals surface area contributed by atoms with Crippen LogP contribution < -0.4 is 5.32 Å². The van der Waals surface area contributed by atoms with E-state index in [-0.39, 0.29) is 11.3 Å². The van der Waals surface area contributed by atoms with Crippen molar-refractivity contribution in [2.24, 2.45) is 0 Å². The number of hydrogen-bond acceptors (Lipinski definition) is 2. The number of halogens is 2. The second-order valence-electron chi connectivity index (χ2n) is 4.16. The second-order valence-corrected chi connectivity index (χ2v) is 4.16. The summed E-state index contributed by atoms with van der Waals surface area (Å²) in [4.78, 5) is 16.2. The third kappa shape index (κ3) is 2.11. The van der Waals surface area contributed by atoms with Crippen molar-refractivity contribution in [2.45, 2.75) is 0 Å². The Morgan fingerprint density at radius 3 is 2.90 bits per heavy atom. The van der Waals surface area contributed by atoms with Crippen LogP contribution in [0.2, 0.25) is 0 Å². The van der Waals surface area contributed by atoms with Gasteiger partial charge in [-0.1, -0.05) is 0 Å². The lowest BCUT2D eigenvalue weighted by atomic mass is 10.2. The smallest absolute Gasteiger partial charge is 0.259 e. The fourth-order valence-corrected chi connectivity index (χ4v) is 1.91. The van der Waals surface area contributed by atoms with Gasteiger partial charge in [0, 0.05) is 24.7 Å². The molecule has 0 radical (unpaired) electrons. The maximum absolute atomic E-state index is 13.5. The summed E-state index contributed by atoms with van der Waals surface area (Å²) in [7, 11) is 0. The van der Waals surface area contributed by atoms with Crippen LogP contribution >= 0.6 is 0 Å². The third-order valence-electron chi connectivity index (χ3n) is 2.84. The Balaban J connectivity index is 1.97. The number of nitrogens with one attached hydrogen (secondary N) is 1. The quantitative estimate of drug-likeness (QED) is 0.780. The van der Waals surface area contributed by atoms with Crippen LogP contribution in [0.25, 0.3) is 5.65 Å². The monoisotopic (exact) mass is 273 g/mol. The molecule has 100 valence electrons. The maximum Gasteiger partial charge on any atom is 0.259 e. The molecule has 0 fully saturated rings. The summed E-state index contributed by atoms with van der Waals surface area (Å²) in [6.07, 6.45) is 4.98. The molecule has 0 aliphatic carbocycles. The number of carbonyl (C=O) groups is 1. The van der Waals surface area contributed by atoms with Crippen molar-refractivity contribution >= 4 is 17.2 Å². The van der Waals surface area contributed by atoms with E-state index in [4.69, 9.17) is 0 Å². The molecule has 1 amide bonds. The van der Waals surface area contributed by atoms with E-state index in [2.05, 4.69) is 10.3 Å². The SMILES string of the molecule is O=C(Nc1cc(F)ccc1F)c1cccn2ccnc12. The van der Waals surface area contributed by atoms with Crippen LogP contribution in [-0.2, 0) is 0 Å². The molecule has 2 heterocycles. The normalized spacial score (nSPS) is 10.7. The first-order valence-electron chi connectivity index (χ1n) is 5.83. The van der Waals surface area contributed by atoms with E-state index in [1.54, 1.807) is 35.1 Å². The molecule has 3 rings (SSSR count). The lowest BCUT2D eigenvalue weighted by Gasteiger charge is -2.07. The summed E-state index contributed by atoms with van der Waals surface area (Å²) >= 11 is 0. The number of nitrogens with zero attached hydrogens (tertiary/aromatic N) is 2. The maximum atomic E-state index is 13.5. The predicted molar refractivity (Wildman–Crippen MR) is 69.5 cm³/mol. The predicted octanol–water partition coefficient (Wildman–Crippen LogP) is 2.86. The Morgan fingerprint density at radius 2 is 2.05 bits per heavy atom. The molecule has 6 heteroatoms. The minimum absolute atomic E-state index is 0.205. The first kappa shape index (κ1) is 12.3. The molecular weight excluding hydrogens is 264 g/mol. The van der Waals surface area contributed by atoms with Gasteiger partial charge in [0.15, 0.2) is 0 Å². The molecule has 0 saturated heterocycles. The minimum atomic E-state index is -0.699. The molecule has 0 aliphatic rings. The number of fused-ring (bicyclic) bond motifs is 1. The number of amides is 1. The molecule has 0 aliphatic heterocycles. The van der Waals surface area contributed by atoms with Crippen LogP contribution in [0.5, 0.6) is 0 Å². The zero-order valence-corrected chi connectivity index (χ0v) is 10.2. The second kappa shape index (κ2) is 4.73. The number of hydrogen-bond donors (Lipinski definition) is 1. The van der Waals surface area contributed by atoms with Crippen molar-refractivity contribution in [3.63, 3.8) is 0 Å². The fourth-order valence-electron chi connectivity index (χ4n) is 1.91. The van der Waals surface area contributed by atoms with Gasteiger partial charge in [0.25, 0.3) is 5.91 Å². The Kier molecular flexibility index (Phi) is 2.90. The molecule has 1 aromatic carbocycles. The van der Waals surface area contributed by atoms with Gasteiger partial charge in [0.1, 0.15) is 17.3 Å². The summed E-state index contributed by atoms with van der Waals surface area (Å²) in [5, 5.41) is 2.34. The standard InChI is InChI=1S/C14H9F2N3O/c15-9-3-4-11(16)12(8-9)18-14(20)10-2-1-6-19-7-5-17-13(10)19/h1-8H,(H,18,20). The van der Waals surface area contributed by atoms with Crippen LogP contribution in [0, 0.1) is 11.6 Å². The highest BCUT2D eigenvalue weighted by molar-refractivity contribution is 6.08. The molecule has 20 heavy (non-hydrogen) atoms. The van der Waals surface area contributed by atoms with Gasteiger partial charge in [-0.2, -0.15) is 0 Å². The number of rotatable bonds is 2. The van der Waals surface area contributed by atoms with Crippen molar-refractivity contribution in [3.05, 3.63) is 66.1 Å². The van der Waals surface area contributed by atoms with Crippen molar-refractivity contribution < 1.29 is 13.6 Å². The highest BCUT2D eigenvalue weighted by Gasteiger charge is 2.14. The van der Waals surface area contributed by atoms with E-state index in [1.165, 1.54) is 0 Å². The lowest BCUT2D eigenvalue weighted by molar-refractivity contribution is 0.102. The average molecular weight is 273 g/mol. The van der Waals surface area contributed by atoms with Crippen LogP contribution in [0.1, 0.15) is 10.4 Å². The summed E-state index contributed by atoms with van der Waals surface area (Å²) in [5.74, 6) is -1.87. The molecule has 3 aromatic rings. The lowest BCUT2D eigenvalue weighted by Crippen LogP contribution is -2.14. The van der Waals surface area contributed by atoms with Crippen molar-refractivity contribution in [1.29, 1.82) is 0 Å². The first-order valence-corrected chi connectivity index (χ1v) is 5.83. The largest absolute Gasteiger partial charge is 0.319 e. The van der Waals surface area contributed by atoms with Crippen molar-refractivity contribution in [3.8, 4) is 0 Å². The molecule has 4 nitrogen and oxygen atoms in total. The van der Waals surface area contributed by atoms with E-state index in [0.29, 0.717) is 5.65 Å². The van der Waals surface area contributed by atoms with Crippen LogP contribution in [-0.4, -0.2) is 15.3 Å².